The van der Waals surface area contributed by atoms with Crippen LogP contribution in [0.4, 0.5) is 0 Å². The minimum Gasteiger partial charge on any atom is -0.306 e. The normalized spacial score (nSPS) is 67.1. The van der Waals surface area contributed by atoms with Crippen LogP contribution in [-0.4, -0.2) is 36.1 Å². The van der Waals surface area contributed by atoms with Crippen LogP contribution >= 0.6 is 0 Å². The molecule has 8 heavy (non-hydrogen) atoms. The van der Waals surface area contributed by atoms with Crippen LogP contribution in [0.15, 0.2) is 0 Å². The highest BCUT2D eigenvalue weighted by molar-refractivity contribution is 5.37. The molecule has 1 aliphatic carbocycles. The highest BCUT2D eigenvalue weighted by Gasteiger charge is 2.75. The molecule has 3 rings (SSSR count). The van der Waals surface area contributed by atoms with Crippen molar-refractivity contribution in [1.82, 2.24) is 10.2 Å². The van der Waals surface area contributed by atoms with Gasteiger partial charge in [0.05, 0.1) is 5.54 Å². The average Bonchev–Trinajstić information content (AvgIpc) is 2.39. The molecule has 0 bridgehead atoms. The molecule has 0 radical (unpaired) electrons. The molecule has 3 unspecified atom stereocenters. The van der Waals surface area contributed by atoms with Gasteiger partial charge in [0.1, 0.15) is 0 Å². The third-order valence-electron chi connectivity index (χ3n) is 3.15. The summed E-state index contributed by atoms with van der Waals surface area (Å²) in [5.74, 6) is 0. The fourth-order valence-corrected chi connectivity index (χ4v) is 2.38. The van der Waals surface area contributed by atoms with Gasteiger partial charge in [-0.05, 0) is 13.5 Å². The molecule has 2 nitrogen and oxygen atoms in total. The van der Waals surface area contributed by atoms with Gasteiger partial charge in [-0.3, -0.25) is 4.90 Å². The highest BCUT2D eigenvalue weighted by Crippen LogP contribution is 2.58. The predicted molar refractivity (Wildman–Crippen MR) is 30.7 cm³/mol. The summed E-state index contributed by atoms with van der Waals surface area (Å²) in [6.45, 7) is 1.29. The molecule has 1 spiro atoms. The molecule has 0 aromatic rings. The van der Waals surface area contributed by atoms with Crippen LogP contribution in [0.3, 0.4) is 0 Å². The molecule has 2 heterocycles. The van der Waals surface area contributed by atoms with Crippen LogP contribution in [0, 0.1) is 0 Å². The van der Waals surface area contributed by atoms with Crippen molar-refractivity contribution in [1.29, 1.82) is 0 Å². The van der Waals surface area contributed by atoms with Crippen molar-refractivity contribution in [3.8, 4) is 0 Å². The number of likely N-dealkylation sites (N-methyl/N-ethyl adjacent to an activating group) is 1. The quantitative estimate of drug-likeness (QED) is 0.448. The molecule has 0 aromatic heterocycles. The Balaban J connectivity index is 1.99. The Bertz CT molecular complexity index is 151. The lowest BCUT2D eigenvalue weighted by molar-refractivity contribution is -0.0109. The summed E-state index contributed by atoms with van der Waals surface area (Å²) in [5, 5.41) is 3.50. The molecular formula is C6H10N2. The fraction of sp³-hybridized carbons (Fsp3) is 1.00. The summed E-state index contributed by atoms with van der Waals surface area (Å²) in [5.41, 5.74) is 0.708. The molecule has 2 aliphatic heterocycles. The Kier molecular flexibility index (Phi) is 0.364. The molecule has 3 atom stereocenters. The van der Waals surface area contributed by atoms with E-state index in [4.69, 9.17) is 0 Å². The second kappa shape index (κ2) is 0.755. The van der Waals surface area contributed by atoms with Crippen LogP contribution in [-0.2, 0) is 0 Å². The smallest absolute Gasteiger partial charge is 0.0542 e. The highest BCUT2D eigenvalue weighted by atomic mass is 15.5. The number of hydrogen-bond acceptors (Lipinski definition) is 2. The van der Waals surface area contributed by atoms with E-state index in [0.717, 1.165) is 12.1 Å². The largest absolute Gasteiger partial charge is 0.306 e. The van der Waals surface area contributed by atoms with Gasteiger partial charge in [-0.15, -0.1) is 0 Å². The Morgan fingerprint density at radius 1 is 1.62 bits per heavy atom. The second-order valence-corrected chi connectivity index (χ2v) is 3.35. The van der Waals surface area contributed by atoms with Gasteiger partial charge >= 0.3 is 0 Å². The van der Waals surface area contributed by atoms with Crippen LogP contribution in [0.2, 0.25) is 0 Å². The number of hydrogen-bond donors (Lipinski definition) is 1. The predicted octanol–water partition coefficient (Wildman–Crippen LogP) is -0.585. The van der Waals surface area contributed by atoms with Gasteiger partial charge in [0.25, 0.3) is 0 Å². The van der Waals surface area contributed by atoms with E-state index in [1.165, 1.54) is 13.0 Å². The van der Waals surface area contributed by atoms with Crippen LogP contribution < -0.4 is 5.32 Å². The monoisotopic (exact) mass is 110 g/mol. The van der Waals surface area contributed by atoms with Crippen LogP contribution in [0.5, 0.6) is 0 Å². The molecule has 0 amide bonds. The minimum absolute atomic E-state index is 0.708. The van der Waals surface area contributed by atoms with E-state index >= 15 is 0 Å². The first-order valence-corrected chi connectivity index (χ1v) is 3.31. The van der Waals surface area contributed by atoms with Gasteiger partial charge in [0.2, 0.25) is 0 Å². The lowest BCUT2D eigenvalue weighted by Gasteiger charge is -2.55. The first-order valence-electron chi connectivity index (χ1n) is 3.31. The third-order valence-corrected chi connectivity index (χ3v) is 3.15. The minimum atomic E-state index is 0.708. The van der Waals surface area contributed by atoms with Gasteiger partial charge in [-0.25, -0.2) is 0 Å². The standard InChI is InChI=1S/C6H10N2/c1-8-3-5-6(8)2-4(6)7-5/h4-5,7H,2-3H2,1H3. The van der Waals surface area contributed by atoms with E-state index in [-0.39, 0.29) is 0 Å². The van der Waals surface area contributed by atoms with Crippen molar-refractivity contribution in [3.63, 3.8) is 0 Å². The van der Waals surface area contributed by atoms with E-state index in [2.05, 4.69) is 17.3 Å². The summed E-state index contributed by atoms with van der Waals surface area (Å²) in [6.07, 6.45) is 1.42. The third kappa shape index (κ3) is 0.171. The van der Waals surface area contributed by atoms with Crippen LogP contribution in [0.1, 0.15) is 6.42 Å². The Morgan fingerprint density at radius 3 is 2.75 bits per heavy atom. The number of piperazine rings is 1. The summed E-state index contributed by atoms with van der Waals surface area (Å²) < 4.78 is 0. The molecule has 3 aliphatic rings. The molecule has 1 N–H and O–H groups in total. The van der Waals surface area contributed by atoms with E-state index in [1.807, 2.05) is 0 Å². The number of likely N-dealkylation sites (tertiary alicyclic amines) is 1. The molecule has 44 valence electrons. The topological polar surface area (TPSA) is 15.3 Å². The Labute approximate surface area is 48.9 Å². The molecule has 0 aromatic carbocycles. The van der Waals surface area contributed by atoms with E-state index in [9.17, 15) is 0 Å². The van der Waals surface area contributed by atoms with Crippen LogP contribution in [0.25, 0.3) is 0 Å². The number of nitrogens with zero attached hydrogens (tertiary/aromatic N) is 1. The first kappa shape index (κ1) is 3.85. The van der Waals surface area contributed by atoms with Gasteiger partial charge < -0.3 is 5.32 Å². The maximum Gasteiger partial charge on any atom is 0.0542 e. The molecule has 3 fully saturated rings. The maximum atomic E-state index is 3.50. The zero-order chi connectivity index (χ0) is 5.35. The van der Waals surface area contributed by atoms with E-state index in [1.54, 1.807) is 0 Å². The van der Waals surface area contributed by atoms with Gasteiger partial charge in [0.15, 0.2) is 0 Å². The van der Waals surface area contributed by atoms with Crippen molar-refractivity contribution < 1.29 is 0 Å². The SMILES string of the molecule is CN1CC2NC3CC231. The molecule has 2 saturated heterocycles. The van der Waals surface area contributed by atoms with Gasteiger partial charge in [-0.1, -0.05) is 0 Å². The fourth-order valence-electron chi connectivity index (χ4n) is 2.38. The average molecular weight is 110 g/mol. The maximum absolute atomic E-state index is 3.50. The molecule has 2 heteroatoms. The van der Waals surface area contributed by atoms with Gasteiger partial charge in [0, 0.05) is 18.6 Å². The second-order valence-electron chi connectivity index (χ2n) is 3.35. The van der Waals surface area contributed by atoms with Crippen molar-refractivity contribution in [2.75, 3.05) is 13.6 Å². The first-order chi connectivity index (χ1) is 3.84. The van der Waals surface area contributed by atoms with Crippen molar-refractivity contribution in [2.24, 2.45) is 0 Å². The molecule has 1 saturated carbocycles. The zero-order valence-corrected chi connectivity index (χ0v) is 5.02. The van der Waals surface area contributed by atoms with Gasteiger partial charge in [-0.2, -0.15) is 0 Å². The summed E-state index contributed by atoms with van der Waals surface area (Å²) >= 11 is 0. The van der Waals surface area contributed by atoms with Crippen molar-refractivity contribution in [2.45, 2.75) is 24.0 Å². The van der Waals surface area contributed by atoms with Crippen molar-refractivity contribution >= 4 is 0 Å². The lowest BCUT2D eigenvalue weighted by Crippen LogP contribution is -2.77. The number of nitrogens with one attached hydrogen (secondary N) is 1. The summed E-state index contributed by atoms with van der Waals surface area (Å²) in [4.78, 5) is 2.48. The molecular weight excluding hydrogens is 100 g/mol. The summed E-state index contributed by atoms with van der Waals surface area (Å²) in [6, 6.07) is 1.78. The summed E-state index contributed by atoms with van der Waals surface area (Å²) in [7, 11) is 2.23. The zero-order valence-electron chi connectivity index (χ0n) is 5.02. The van der Waals surface area contributed by atoms with E-state index < -0.39 is 0 Å². The van der Waals surface area contributed by atoms with Crippen molar-refractivity contribution in [3.05, 3.63) is 0 Å². The van der Waals surface area contributed by atoms with E-state index in [0.29, 0.717) is 5.54 Å². The Morgan fingerprint density at radius 2 is 2.50 bits per heavy atom. The number of rotatable bonds is 0. The Hall–Kier alpha value is -0.0800. The lowest BCUT2D eigenvalue weighted by atomic mass is 9.87.